The Kier molecular flexibility index (Phi) is 9.03. The Balaban J connectivity index is 1.64. The van der Waals surface area contributed by atoms with Crippen LogP contribution in [0.2, 0.25) is 10.0 Å². The van der Waals surface area contributed by atoms with Gasteiger partial charge in [-0.1, -0.05) is 64.7 Å². The van der Waals surface area contributed by atoms with E-state index in [1.807, 2.05) is 39.8 Å². The number of halogens is 3. The van der Waals surface area contributed by atoms with Crippen LogP contribution < -0.4 is 10.6 Å². The average Bonchev–Trinajstić information content (AvgIpc) is 3.21. The van der Waals surface area contributed by atoms with E-state index in [1.54, 1.807) is 12.1 Å². The Morgan fingerprint density at radius 3 is 2.44 bits per heavy atom. The standard InChI is InChI=1S/C23H24BrCl2N5O2S/c1-11(2)19(28-22(33)16-6-5-15(25)9-17(16)26)21-29-23(31-30-21)34-10-18(32)27-20-12(3)7-14(24)8-13(20)4/h5-9,11,19H,10H2,1-4H3,(H,27,32)(H,28,33)(H,29,30,31)/t19-/m1/s1. The van der Waals surface area contributed by atoms with Crippen LogP contribution in [0.1, 0.15) is 47.2 Å². The van der Waals surface area contributed by atoms with Gasteiger partial charge in [-0.2, -0.15) is 0 Å². The highest BCUT2D eigenvalue weighted by molar-refractivity contribution is 9.10. The fourth-order valence-electron chi connectivity index (χ4n) is 3.32. The molecule has 3 aromatic rings. The first kappa shape index (κ1) is 26.5. The van der Waals surface area contributed by atoms with Gasteiger partial charge in [-0.25, -0.2) is 4.98 Å². The second-order valence-electron chi connectivity index (χ2n) is 8.07. The lowest BCUT2D eigenvalue weighted by atomic mass is 10.0. The van der Waals surface area contributed by atoms with E-state index in [2.05, 4.69) is 41.7 Å². The average molecular weight is 585 g/mol. The van der Waals surface area contributed by atoms with Gasteiger partial charge in [0.1, 0.15) is 5.82 Å². The van der Waals surface area contributed by atoms with Crippen LogP contribution >= 0.6 is 50.9 Å². The molecule has 180 valence electrons. The molecule has 0 saturated carbocycles. The molecule has 0 aliphatic rings. The van der Waals surface area contributed by atoms with Crippen LogP contribution in [0.25, 0.3) is 0 Å². The van der Waals surface area contributed by atoms with E-state index >= 15 is 0 Å². The molecule has 0 fully saturated rings. The molecule has 0 radical (unpaired) electrons. The number of carbonyl (C=O) groups excluding carboxylic acids is 2. The molecule has 0 aliphatic heterocycles. The van der Waals surface area contributed by atoms with Crippen molar-refractivity contribution in [1.82, 2.24) is 20.5 Å². The van der Waals surface area contributed by atoms with Crippen molar-refractivity contribution in [2.24, 2.45) is 5.92 Å². The third-order valence-electron chi connectivity index (χ3n) is 5.00. The van der Waals surface area contributed by atoms with Gasteiger partial charge in [-0.15, -0.1) is 5.10 Å². The van der Waals surface area contributed by atoms with E-state index in [4.69, 9.17) is 23.2 Å². The number of aryl methyl sites for hydroxylation is 2. The predicted octanol–water partition coefficient (Wildman–Crippen LogP) is 6.35. The lowest BCUT2D eigenvalue weighted by Gasteiger charge is -2.20. The monoisotopic (exact) mass is 583 g/mol. The highest BCUT2D eigenvalue weighted by Gasteiger charge is 2.24. The van der Waals surface area contributed by atoms with Gasteiger partial charge in [0.25, 0.3) is 5.91 Å². The molecule has 34 heavy (non-hydrogen) atoms. The molecule has 0 bridgehead atoms. The topological polar surface area (TPSA) is 99.8 Å². The van der Waals surface area contributed by atoms with Crippen molar-refractivity contribution in [1.29, 1.82) is 0 Å². The summed E-state index contributed by atoms with van der Waals surface area (Å²) in [7, 11) is 0. The van der Waals surface area contributed by atoms with E-state index < -0.39 is 6.04 Å². The second-order valence-corrected chi connectivity index (χ2v) is 10.8. The quantitative estimate of drug-likeness (QED) is 0.268. The van der Waals surface area contributed by atoms with Gasteiger partial charge in [0.2, 0.25) is 11.1 Å². The molecule has 11 heteroatoms. The molecule has 2 aromatic carbocycles. The zero-order valence-corrected chi connectivity index (χ0v) is 22.9. The van der Waals surface area contributed by atoms with Gasteiger partial charge < -0.3 is 10.6 Å². The first-order valence-corrected chi connectivity index (χ1v) is 13.0. The Morgan fingerprint density at radius 1 is 1.15 bits per heavy atom. The molecule has 0 spiro atoms. The SMILES string of the molecule is Cc1cc(Br)cc(C)c1NC(=O)CSc1n[nH]c([C@H](NC(=O)c2ccc(Cl)cc2Cl)C(C)C)n1. The van der Waals surface area contributed by atoms with Crippen molar-refractivity contribution in [3.05, 3.63) is 67.4 Å². The molecule has 7 nitrogen and oxygen atoms in total. The first-order chi connectivity index (χ1) is 16.0. The fraction of sp³-hybridized carbons (Fsp3) is 0.304. The first-order valence-electron chi connectivity index (χ1n) is 10.4. The molecule has 0 unspecified atom stereocenters. The normalized spacial score (nSPS) is 12.0. The van der Waals surface area contributed by atoms with Crippen LogP contribution in [0.4, 0.5) is 5.69 Å². The van der Waals surface area contributed by atoms with Crippen LogP contribution in [0, 0.1) is 19.8 Å². The van der Waals surface area contributed by atoms with Gasteiger partial charge >= 0.3 is 0 Å². The highest BCUT2D eigenvalue weighted by atomic mass is 79.9. The van der Waals surface area contributed by atoms with Crippen LogP contribution in [-0.2, 0) is 4.79 Å². The maximum atomic E-state index is 12.8. The van der Waals surface area contributed by atoms with Crippen LogP contribution in [-0.4, -0.2) is 32.7 Å². The lowest BCUT2D eigenvalue weighted by Crippen LogP contribution is -2.32. The van der Waals surface area contributed by atoms with Gasteiger partial charge in [-0.3, -0.25) is 14.7 Å². The van der Waals surface area contributed by atoms with Crippen molar-refractivity contribution in [3.63, 3.8) is 0 Å². The molecular formula is C23H24BrCl2N5O2S. The van der Waals surface area contributed by atoms with E-state index in [1.165, 1.54) is 17.8 Å². The number of nitrogens with one attached hydrogen (secondary N) is 3. The number of nitrogens with zero attached hydrogens (tertiary/aromatic N) is 2. The zero-order valence-electron chi connectivity index (χ0n) is 19.0. The molecule has 3 rings (SSSR count). The molecule has 1 aromatic heterocycles. The summed E-state index contributed by atoms with van der Waals surface area (Å²) in [5.74, 6) is 0.163. The van der Waals surface area contributed by atoms with Gasteiger partial charge in [0.05, 0.1) is 22.4 Å². The number of benzene rings is 2. The number of hydrogen-bond donors (Lipinski definition) is 3. The summed E-state index contributed by atoms with van der Waals surface area (Å²) in [5, 5.41) is 14.1. The molecule has 0 saturated heterocycles. The van der Waals surface area contributed by atoms with E-state index in [-0.39, 0.29) is 28.5 Å². The highest BCUT2D eigenvalue weighted by Crippen LogP contribution is 2.27. The Labute approximate surface area is 220 Å². The number of aromatic nitrogens is 3. The van der Waals surface area contributed by atoms with Crippen molar-refractivity contribution in [3.8, 4) is 0 Å². The number of hydrogen-bond acceptors (Lipinski definition) is 5. The number of thioether (sulfide) groups is 1. The third-order valence-corrected chi connectivity index (χ3v) is 6.85. The molecule has 1 atom stereocenters. The number of rotatable bonds is 8. The summed E-state index contributed by atoms with van der Waals surface area (Å²) in [6.45, 7) is 7.80. The number of amides is 2. The van der Waals surface area contributed by atoms with Crippen molar-refractivity contribution in [2.75, 3.05) is 11.1 Å². The van der Waals surface area contributed by atoms with E-state index in [0.717, 1.165) is 21.3 Å². The van der Waals surface area contributed by atoms with Crippen molar-refractivity contribution >= 4 is 68.4 Å². The molecule has 0 aliphatic carbocycles. The largest absolute Gasteiger partial charge is 0.342 e. The third kappa shape index (κ3) is 6.75. The maximum absolute atomic E-state index is 12.8. The minimum atomic E-state index is -0.428. The minimum Gasteiger partial charge on any atom is -0.342 e. The molecule has 2 amide bonds. The maximum Gasteiger partial charge on any atom is 0.253 e. The summed E-state index contributed by atoms with van der Waals surface area (Å²) < 4.78 is 0.966. The smallest absolute Gasteiger partial charge is 0.253 e. The number of H-pyrrole nitrogens is 1. The van der Waals surface area contributed by atoms with Crippen molar-refractivity contribution < 1.29 is 9.59 Å². The Hall–Kier alpha value is -2.07. The second kappa shape index (κ2) is 11.6. The lowest BCUT2D eigenvalue weighted by molar-refractivity contribution is -0.113. The van der Waals surface area contributed by atoms with E-state index in [9.17, 15) is 9.59 Å². The number of aromatic amines is 1. The predicted molar refractivity (Wildman–Crippen MR) is 141 cm³/mol. The molecule has 1 heterocycles. The van der Waals surface area contributed by atoms with Gasteiger partial charge in [-0.05, 0) is 61.2 Å². The summed E-state index contributed by atoms with van der Waals surface area (Å²) in [4.78, 5) is 29.8. The minimum absolute atomic E-state index is 0.0208. The molecular weight excluding hydrogens is 561 g/mol. The van der Waals surface area contributed by atoms with Crippen LogP contribution in [0.3, 0.4) is 0 Å². The summed E-state index contributed by atoms with van der Waals surface area (Å²) in [6.07, 6.45) is 0. The summed E-state index contributed by atoms with van der Waals surface area (Å²) in [6, 6.07) is 8.19. The van der Waals surface area contributed by atoms with Gasteiger partial charge in [0.15, 0.2) is 0 Å². The molecule has 3 N–H and O–H groups in total. The van der Waals surface area contributed by atoms with E-state index in [0.29, 0.717) is 21.6 Å². The van der Waals surface area contributed by atoms with Crippen LogP contribution in [0.15, 0.2) is 40.0 Å². The van der Waals surface area contributed by atoms with Crippen LogP contribution in [0.5, 0.6) is 0 Å². The number of carbonyl (C=O) groups is 2. The summed E-state index contributed by atoms with van der Waals surface area (Å²) in [5.41, 5.74) is 3.07. The summed E-state index contributed by atoms with van der Waals surface area (Å²) >= 11 is 16.8. The fourth-order valence-corrected chi connectivity index (χ4v) is 5.11. The van der Waals surface area contributed by atoms with Crippen molar-refractivity contribution in [2.45, 2.75) is 38.9 Å². The Bertz CT molecular complexity index is 1190. The Morgan fingerprint density at radius 2 is 1.82 bits per heavy atom. The zero-order chi connectivity index (χ0) is 25.0. The van der Waals surface area contributed by atoms with Gasteiger partial charge in [0, 0.05) is 15.2 Å². The number of anilines is 1.